The summed E-state index contributed by atoms with van der Waals surface area (Å²) in [6.07, 6.45) is 79.7. The number of phosphoric ester groups is 1. The molecule has 0 amide bonds. The SMILES string of the molecule is CCCCCCC/C=C\C/C=C\CCCCCCCCCCCCCCCCCCCCCCCCCCCCCC(=O)OC(COC(=O)CCCCCCCCC/C=C\CCCCCCCCC)COP(=O)(O)OCCN. The van der Waals surface area contributed by atoms with Crippen LogP contribution in [0, 0.1) is 0 Å². The number of hydrogen-bond donors (Lipinski definition) is 2. The third-order valence-corrected chi connectivity index (χ3v) is 16.2. The highest BCUT2D eigenvalue weighted by Crippen LogP contribution is 2.43. The van der Waals surface area contributed by atoms with Gasteiger partial charge in [0.15, 0.2) is 6.10 Å². The van der Waals surface area contributed by atoms with Gasteiger partial charge in [-0.2, -0.15) is 0 Å². The van der Waals surface area contributed by atoms with Crippen LogP contribution in [-0.4, -0.2) is 49.3 Å². The molecule has 0 spiro atoms. The van der Waals surface area contributed by atoms with Gasteiger partial charge in [-0.25, -0.2) is 4.57 Å². The number of ether oxygens (including phenoxy) is 2. The maximum absolute atomic E-state index is 12.7. The van der Waals surface area contributed by atoms with Crippen LogP contribution in [0.25, 0.3) is 0 Å². The van der Waals surface area contributed by atoms with Crippen molar-refractivity contribution in [3.8, 4) is 0 Å². The number of rotatable bonds is 65. The van der Waals surface area contributed by atoms with Crippen molar-refractivity contribution in [2.45, 2.75) is 360 Å². The monoisotopic (exact) mass is 1120 g/mol. The normalized spacial score (nSPS) is 13.1. The van der Waals surface area contributed by atoms with E-state index >= 15 is 0 Å². The van der Waals surface area contributed by atoms with Gasteiger partial charge in [0.25, 0.3) is 0 Å². The van der Waals surface area contributed by atoms with E-state index in [9.17, 15) is 19.0 Å². The Morgan fingerprint density at radius 1 is 0.385 bits per heavy atom. The molecule has 2 unspecified atom stereocenters. The minimum atomic E-state index is -4.39. The lowest BCUT2D eigenvalue weighted by Gasteiger charge is -2.19. The Balaban J connectivity index is 3.76. The Kier molecular flexibility index (Phi) is 62.9. The van der Waals surface area contributed by atoms with E-state index in [2.05, 4.69) is 50.3 Å². The number of nitrogens with two attached hydrogens (primary N) is 1. The summed E-state index contributed by atoms with van der Waals surface area (Å²) < 4.78 is 33.1. The largest absolute Gasteiger partial charge is 0.472 e. The molecule has 0 heterocycles. The lowest BCUT2D eigenvalue weighted by molar-refractivity contribution is -0.161. The van der Waals surface area contributed by atoms with Crippen molar-refractivity contribution in [2.24, 2.45) is 5.73 Å². The summed E-state index contributed by atoms with van der Waals surface area (Å²) in [4.78, 5) is 35.2. The van der Waals surface area contributed by atoms with Gasteiger partial charge in [-0.05, 0) is 70.6 Å². The third kappa shape index (κ3) is 63.4. The van der Waals surface area contributed by atoms with Crippen molar-refractivity contribution in [1.29, 1.82) is 0 Å². The molecule has 2 atom stereocenters. The van der Waals surface area contributed by atoms with Crippen LogP contribution < -0.4 is 5.73 Å². The van der Waals surface area contributed by atoms with Gasteiger partial charge in [0.05, 0.1) is 13.2 Å². The number of hydrogen-bond acceptors (Lipinski definition) is 8. The van der Waals surface area contributed by atoms with E-state index in [1.54, 1.807) is 0 Å². The van der Waals surface area contributed by atoms with Crippen LogP contribution in [0.3, 0.4) is 0 Å². The summed E-state index contributed by atoms with van der Waals surface area (Å²) in [7, 11) is -4.39. The summed E-state index contributed by atoms with van der Waals surface area (Å²) in [6.45, 7) is 3.78. The standard InChI is InChI=1S/C68H130NO8P/c1-3-5-7-9-11-13-15-17-19-21-23-24-25-26-27-28-29-30-31-32-33-34-35-36-37-38-39-40-41-42-43-45-47-49-51-53-55-57-59-61-68(71)77-66(65-76-78(72,73)75-63-62-69)64-74-67(70)60-58-56-54-52-50-48-46-44-22-20-18-16-14-12-10-8-6-4-2/h15,17,20-23,66H,3-14,16,18-19,24-65,69H2,1-2H3,(H,72,73)/b17-15-,22-20-,23-21-. The number of phosphoric acid groups is 1. The minimum Gasteiger partial charge on any atom is -0.462 e. The summed E-state index contributed by atoms with van der Waals surface area (Å²) in [5.41, 5.74) is 5.39. The molecule has 0 bridgehead atoms. The first-order chi connectivity index (χ1) is 38.3. The average Bonchev–Trinajstić information content (AvgIpc) is 3.43. The quantitative estimate of drug-likeness (QED) is 0.0264. The third-order valence-electron chi connectivity index (χ3n) is 15.2. The topological polar surface area (TPSA) is 134 Å². The van der Waals surface area contributed by atoms with Gasteiger partial charge in [-0.3, -0.25) is 18.6 Å². The predicted molar refractivity (Wildman–Crippen MR) is 335 cm³/mol. The Morgan fingerprint density at radius 2 is 0.667 bits per heavy atom. The zero-order chi connectivity index (χ0) is 56.6. The molecule has 0 aliphatic heterocycles. The second-order valence-electron chi connectivity index (χ2n) is 23.0. The Morgan fingerprint density at radius 3 is 0.987 bits per heavy atom. The maximum Gasteiger partial charge on any atom is 0.472 e. The number of carbonyl (C=O) groups excluding carboxylic acids is 2. The smallest absolute Gasteiger partial charge is 0.462 e. The van der Waals surface area contributed by atoms with Gasteiger partial charge >= 0.3 is 19.8 Å². The van der Waals surface area contributed by atoms with Gasteiger partial charge in [-0.1, -0.05) is 307 Å². The summed E-state index contributed by atoms with van der Waals surface area (Å²) in [5, 5.41) is 0. The first-order valence-corrected chi connectivity index (χ1v) is 35.5. The maximum atomic E-state index is 12.7. The van der Waals surface area contributed by atoms with Gasteiger partial charge in [0.1, 0.15) is 6.61 Å². The van der Waals surface area contributed by atoms with Crippen molar-refractivity contribution < 1.29 is 37.6 Å². The van der Waals surface area contributed by atoms with Crippen LogP contribution in [0.5, 0.6) is 0 Å². The number of allylic oxidation sites excluding steroid dienone is 6. The molecule has 0 aromatic heterocycles. The molecule has 9 nitrogen and oxygen atoms in total. The van der Waals surface area contributed by atoms with E-state index in [0.29, 0.717) is 6.42 Å². The number of unbranched alkanes of at least 4 members (excludes halogenated alkanes) is 46. The molecule has 10 heteroatoms. The van der Waals surface area contributed by atoms with Gasteiger partial charge in [0, 0.05) is 19.4 Å². The fourth-order valence-electron chi connectivity index (χ4n) is 10.2. The lowest BCUT2D eigenvalue weighted by Crippen LogP contribution is -2.29. The molecule has 0 fully saturated rings. The van der Waals surface area contributed by atoms with Crippen LogP contribution in [0.4, 0.5) is 0 Å². The molecule has 3 N–H and O–H groups in total. The Labute approximate surface area is 484 Å². The van der Waals surface area contributed by atoms with E-state index in [4.69, 9.17) is 24.3 Å². The lowest BCUT2D eigenvalue weighted by atomic mass is 10.0. The van der Waals surface area contributed by atoms with Gasteiger partial charge in [-0.15, -0.1) is 0 Å². The number of carbonyl (C=O) groups is 2. The van der Waals surface area contributed by atoms with Crippen molar-refractivity contribution in [1.82, 2.24) is 0 Å². The van der Waals surface area contributed by atoms with E-state index < -0.39 is 26.5 Å². The van der Waals surface area contributed by atoms with Crippen LogP contribution in [0.1, 0.15) is 354 Å². The van der Waals surface area contributed by atoms with Crippen molar-refractivity contribution >= 4 is 19.8 Å². The van der Waals surface area contributed by atoms with Crippen LogP contribution in [-0.2, 0) is 32.7 Å². The van der Waals surface area contributed by atoms with Crippen molar-refractivity contribution in [3.05, 3.63) is 36.5 Å². The average molecular weight is 1120 g/mol. The minimum absolute atomic E-state index is 0.0551. The molecule has 0 aromatic carbocycles. The van der Waals surface area contributed by atoms with Crippen molar-refractivity contribution in [2.75, 3.05) is 26.4 Å². The second kappa shape index (κ2) is 64.4. The first kappa shape index (κ1) is 76.2. The van der Waals surface area contributed by atoms with Gasteiger partial charge in [0.2, 0.25) is 0 Å². The molecule has 0 saturated heterocycles. The zero-order valence-electron chi connectivity index (χ0n) is 51.7. The molecule has 0 radical (unpaired) electrons. The van der Waals surface area contributed by atoms with Crippen LogP contribution in [0.15, 0.2) is 36.5 Å². The van der Waals surface area contributed by atoms with E-state index in [1.165, 1.54) is 276 Å². The zero-order valence-corrected chi connectivity index (χ0v) is 52.6. The molecule has 0 aromatic rings. The number of esters is 2. The molecular weight excluding hydrogens is 990 g/mol. The van der Waals surface area contributed by atoms with Crippen molar-refractivity contribution in [3.63, 3.8) is 0 Å². The molecule has 78 heavy (non-hydrogen) atoms. The highest BCUT2D eigenvalue weighted by atomic mass is 31.2. The van der Waals surface area contributed by atoms with E-state index in [1.807, 2.05) is 0 Å². The summed E-state index contributed by atoms with van der Waals surface area (Å²) in [5.74, 6) is -0.814. The van der Waals surface area contributed by atoms with E-state index in [0.717, 1.165) is 44.9 Å². The van der Waals surface area contributed by atoms with E-state index in [-0.39, 0.29) is 38.6 Å². The Hall–Kier alpha value is -1.77. The van der Waals surface area contributed by atoms with Crippen LogP contribution >= 0.6 is 7.82 Å². The molecule has 460 valence electrons. The highest BCUT2D eigenvalue weighted by Gasteiger charge is 2.26. The van der Waals surface area contributed by atoms with Crippen LogP contribution in [0.2, 0.25) is 0 Å². The molecule has 0 saturated carbocycles. The highest BCUT2D eigenvalue weighted by molar-refractivity contribution is 7.47. The molecule has 0 aliphatic carbocycles. The predicted octanol–water partition coefficient (Wildman–Crippen LogP) is 21.9. The second-order valence-corrected chi connectivity index (χ2v) is 24.5. The Bertz CT molecular complexity index is 1370. The fraction of sp³-hybridized carbons (Fsp3) is 0.882. The first-order valence-electron chi connectivity index (χ1n) is 34.0. The molecular formula is C68H130NO8P. The fourth-order valence-corrected chi connectivity index (χ4v) is 11.0. The summed E-state index contributed by atoms with van der Waals surface area (Å²) >= 11 is 0. The molecule has 0 aliphatic rings. The molecule has 0 rings (SSSR count). The van der Waals surface area contributed by atoms with Gasteiger partial charge < -0.3 is 20.1 Å². The summed E-state index contributed by atoms with van der Waals surface area (Å²) in [6, 6.07) is 0.